The van der Waals surface area contributed by atoms with Crippen LogP contribution >= 0.6 is 12.2 Å². The Balaban J connectivity index is 3.80. The Morgan fingerprint density at radius 3 is 2.29 bits per heavy atom. The van der Waals surface area contributed by atoms with Gasteiger partial charge in [-0.2, -0.15) is 0 Å². The van der Waals surface area contributed by atoms with E-state index in [1.165, 1.54) is 6.08 Å². The molecule has 0 aromatic carbocycles. The van der Waals surface area contributed by atoms with Crippen molar-refractivity contribution < 1.29 is 14.3 Å². The molecule has 14 heavy (non-hydrogen) atoms. The van der Waals surface area contributed by atoms with Gasteiger partial charge in [0.05, 0.1) is 13.2 Å². The monoisotopic (exact) mass is 214 g/mol. The molecule has 0 heterocycles. The lowest BCUT2D eigenvalue weighted by molar-refractivity contribution is -0.137. The fraction of sp³-hybridized carbons (Fsp3) is 0.400. The molecule has 0 aliphatic carbocycles. The number of thiocarbonyl (C=S) groups is 1. The number of allylic oxidation sites excluding steroid dienone is 2. The van der Waals surface area contributed by atoms with Gasteiger partial charge in [0.15, 0.2) is 5.05 Å². The molecule has 0 radical (unpaired) electrons. The Bertz CT molecular complexity index is 218. The highest BCUT2D eigenvalue weighted by Gasteiger charge is 1.90. The molecule has 78 valence electrons. The van der Waals surface area contributed by atoms with Crippen molar-refractivity contribution in [3.05, 3.63) is 24.3 Å². The average molecular weight is 214 g/mol. The fourth-order valence-electron chi connectivity index (χ4n) is 0.649. The van der Waals surface area contributed by atoms with E-state index in [1.54, 1.807) is 25.2 Å². The minimum atomic E-state index is -0.362. The lowest BCUT2D eigenvalue weighted by Crippen LogP contribution is -1.98. The van der Waals surface area contributed by atoms with E-state index in [9.17, 15) is 4.79 Å². The van der Waals surface area contributed by atoms with E-state index in [-0.39, 0.29) is 5.97 Å². The molecule has 0 atom stereocenters. The first-order chi connectivity index (χ1) is 6.70. The van der Waals surface area contributed by atoms with Gasteiger partial charge in [0, 0.05) is 6.08 Å². The van der Waals surface area contributed by atoms with Crippen molar-refractivity contribution in [2.24, 2.45) is 0 Å². The predicted molar refractivity (Wildman–Crippen MR) is 59.1 cm³/mol. The summed E-state index contributed by atoms with van der Waals surface area (Å²) in [5.74, 6) is -0.362. The third kappa shape index (κ3) is 7.49. The molecule has 0 unspecified atom stereocenters. The van der Waals surface area contributed by atoms with Crippen LogP contribution in [0.2, 0.25) is 0 Å². The second kappa shape index (κ2) is 8.44. The van der Waals surface area contributed by atoms with Crippen molar-refractivity contribution in [1.82, 2.24) is 0 Å². The number of hydrogen-bond acceptors (Lipinski definition) is 4. The van der Waals surface area contributed by atoms with Crippen molar-refractivity contribution in [2.75, 3.05) is 13.2 Å². The number of carbonyl (C=O) groups excluding carboxylic acids is 1. The van der Waals surface area contributed by atoms with Gasteiger partial charge in [-0.25, -0.2) is 4.79 Å². The molecular formula is C10H14O3S. The molecule has 4 heteroatoms. The molecule has 0 bridgehead atoms. The predicted octanol–water partition coefficient (Wildman–Crippen LogP) is 2.03. The molecule has 0 N–H and O–H groups in total. The van der Waals surface area contributed by atoms with E-state index < -0.39 is 0 Å². The fourth-order valence-corrected chi connectivity index (χ4v) is 0.845. The van der Waals surface area contributed by atoms with E-state index in [0.29, 0.717) is 18.3 Å². The minimum Gasteiger partial charge on any atom is -0.484 e. The number of hydrogen-bond donors (Lipinski definition) is 0. The first-order valence-corrected chi connectivity index (χ1v) is 4.79. The number of rotatable bonds is 5. The minimum absolute atomic E-state index is 0.362. The highest BCUT2D eigenvalue weighted by Crippen LogP contribution is 1.87. The van der Waals surface area contributed by atoms with Crippen molar-refractivity contribution in [3.8, 4) is 0 Å². The Labute approximate surface area is 89.4 Å². The van der Waals surface area contributed by atoms with Crippen LogP contribution < -0.4 is 0 Å². The highest BCUT2D eigenvalue weighted by molar-refractivity contribution is 7.80. The normalized spacial score (nSPS) is 10.7. The van der Waals surface area contributed by atoms with Crippen LogP contribution in [-0.2, 0) is 14.3 Å². The standard InChI is InChI=1S/C10H14O3S/c1-3-12-9(11)7-5-6-8-10(14)13-4-2/h5-8H,3-4H2,1-2H3/b7-5+,8-6+. The molecule has 0 saturated carbocycles. The van der Waals surface area contributed by atoms with E-state index >= 15 is 0 Å². The molecule has 0 saturated heterocycles. The van der Waals surface area contributed by atoms with E-state index in [0.717, 1.165) is 0 Å². The maximum Gasteiger partial charge on any atom is 0.330 e. The third-order valence-electron chi connectivity index (χ3n) is 1.15. The zero-order valence-corrected chi connectivity index (χ0v) is 9.17. The molecule has 0 spiro atoms. The van der Waals surface area contributed by atoms with Crippen LogP contribution in [0.1, 0.15) is 13.8 Å². The van der Waals surface area contributed by atoms with Crippen molar-refractivity contribution in [2.45, 2.75) is 13.8 Å². The van der Waals surface area contributed by atoms with Gasteiger partial charge in [-0.3, -0.25) is 0 Å². The van der Waals surface area contributed by atoms with Gasteiger partial charge in [0.1, 0.15) is 0 Å². The Morgan fingerprint density at radius 2 is 1.71 bits per heavy atom. The second-order valence-electron chi connectivity index (χ2n) is 2.22. The van der Waals surface area contributed by atoms with Gasteiger partial charge in [-0.15, -0.1) is 0 Å². The molecule has 0 aliphatic heterocycles. The van der Waals surface area contributed by atoms with Crippen molar-refractivity contribution >= 4 is 23.2 Å². The number of esters is 1. The van der Waals surface area contributed by atoms with Gasteiger partial charge in [0.2, 0.25) is 0 Å². The Morgan fingerprint density at radius 1 is 1.14 bits per heavy atom. The van der Waals surface area contributed by atoms with Crippen LogP contribution in [0, 0.1) is 0 Å². The summed E-state index contributed by atoms with van der Waals surface area (Å²) < 4.78 is 9.66. The number of ether oxygens (including phenoxy) is 2. The summed E-state index contributed by atoms with van der Waals surface area (Å²) in [5, 5.41) is 0.404. The second-order valence-corrected chi connectivity index (χ2v) is 2.62. The molecule has 0 rings (SSSR count). The molecule has 0 aromatic rings. The molecule has 3 nitrogen and oxygen atoms in total. The maximum absolute atomic E-state index is 10.8. The van der Waals surface area contributed by atoms with Crippen molar-refractivity contribution in [1.29, 1.82) is 0 Å². The molecular weight excluding hydrogens is 200 g/mol. The summed E-state index contributed by atoms with van der Waals surface area (Å²) in [5.41, 5.74) is 0. The summed E-state index contributed by atoms with van der Waals surface area (Å²) in [7, 11) is 0. The summed E-state index contributed by atoms with van der Waals surface area (Å²) in [4.78, 5) is 10.8. The van der Waals surface area contributed by atoms with Gasteiger partial charge in [-0.05, 0) is 32.1 Å². The highest BCUT2D eigenvalue weighted by atomic mass is 32.1. The Hall–Kier alpha value is -1.16. The summed E-state index contributed by atoms with van der Waals surface area (Å²) in [6, 6.07) is 0. The summed E-state index contributed by atoms with van der Waals surface area (Å²) in [6.07, 6.45) is 6.13. The van der Waals surface area contributed by atoms with Crippen LogP contribution in [-0.4, -0.2) is 24.2 Å². The van der Waals surface area contributed by atoms with Gasteiger partial charge >= 0.3 is 5.97 Å². The molecule has 0 fully saturated rings. The molecule has 0 aliphatic rings. The average Bonchev–Trinajstić information content (AvgIpc) is 2.13. The smallest absolute Gasteiger partial charge is 0.330 e. The van der Waals surface area contributed by atoms with E-state index in [2.05, 4.69) is 4.74 Å². The third-order valence-corrected chi connectivity index (χ3v) is 1.40. The summed E-state index contributed by atoms with van der Waals surface area (Å²) in [6.45, 7) is 4.54. The van der Waals surface area contributed by atoms with Gasteiger partial charge < -0.3 is 9.47 Å². The van der Waals surface area contributed by atoms with Crippen LogP contribution in [0.4, 0.5) is 0 Å². The van der Waals surface area contributed by atoms with E-state index in [4.69, 9.17) is 17.0 Å². The van der Waals surface area contributed by atoms with Crippen LogP contribution in [0.25, 0.3) is 0 Å². The molecule has 0 aromatic heterocycles. The quantitative estimate of drug-likeness (QED) is 0.303. The lowest BCUT2D eigenvalue weighted by atomic mass is 10.4. The topological polar surface area (TPSA) is 35.5 Å². The van der Waals surface area contributed by atoms with Crippen LogP contribution in [0.5, 0.6) is 0 Å². The SMILES string of the molecule is CCOC(=O)/C=C/C=C/C(=S)OCC. The van der Waals surface area contributed by atoms with E-state index in [1.807, 2.05) is 6.92 Å². The summed E-state index contributed by atoms with van der Waals surface area (Å²) >= 11 is 4.82. The number of carbonyl (C=O) groups is 1. The zero-order chi connectivity index (χ0) is 10.8. The first-order valence-electron chi connectivity index (χ1n) is 4.39. The van der Waals surface area contributed by atoms with Gasteiger partial charge in [0.25, 0.3) is 0 Å². The maximum atomic E-state index is 10.8. The first kappa shape index (κ1) is 12.8. The Kier molecular flexibility index (Phi) is 7.74. The van der Waals surface area contributed by atoms with Gasteiger partial charge in [-0.1, -0.05) is 12.2 Å². The van der Waals surface area contributed by atoms with Crippen molar-refractivity contribution in [3.63, 3.8) is 0 Å². The van der Waals surface area contributed by atoms with Crippen LogP contribution in [0.3, 0.4) is 0 Å². The van der Waals surface area contributed by atoms with Crippen LogP contribution in [0.15, 0.2) is 24.3 Å². The largest absolute Gasteiger partial charge is 0.484 e. The zero-order valence-electron chi connectivity index (χ0n) is 8.36. The molecule has 0 amide bonds. The lowest BCUT2D eigenvalue weighted by Gasteiger charge is -1.96.